The number of hydrogen-bond donors (Lipinski definition) is 0. The summed E-state index contributed by atoms with van der Waals surface area (Å²) in [6, 6.07) is 0. The fourth-order valence-corrected chi connectivity index (χ4v) is 0.400. The Balaban J connectivity index is 4.05. The van der Waals surface area contributed by atoms with E-state index in [0.717, 1.165) is 11.8 Å². The van der Waals surface area contributed by atoms with Crippen molar-refractivity contribution in [3.8, 4) is 0 Å². The predicted octanol–water partition coefficient (Wildman–Crippen LogP) is 2.46. The van der Waals surface area contributed by atoms with E-state index in [-0.39, 0.29) is 5.83 Å². The first-order valence-corrected chi connectivity index (χ1v) is 2.63. The molecule has 0 heterocycles. The molecule has 0 N–H and O–H groups in total. The molecule has 0 saturated heterocycles. The number of nitrogens with zero attached hydrogens (tertiary/aromatic N) is 1. The summed E-state index contributed by atoms with van der Waals surface area (Å²) in [6.07, 6.45) is 2.47. The summed E-state index contributed by atoms with van der Waals surface area (Å²) in [4.78, 5) is 3.26. The third-order valence-electron chi connectivity index (χ3n) is 0.641. The Morgan fingerprint density at radius 1 is 1.56 bits per heavy atom. The first-order chi connectivity index (χ1) is 4.16. The van der Waals surface area contributed by atoms with Crippen LogP contribution in [0.5, 0.6) is 0 Å². The highest BCUT2D eigenvalue weighted by molar-refractivity contribution is 5.27. The molecule has 0 rings (SSSR count). The predicted molar refractivity (Wildman–Crippen MR) is 38.2 cm³/mol. The van der Waals surface area contributed by atoms with Crippen molar-refractivity contribution < 1.29 is 4.39 Å². The van der Waals surface area contributed by atoms with Gasteiger partial charge in [0.1, 0.15) is 5.83 Å². The van der Waals surface area contributed by atoms with Gasteiger partial charge >= 0.3 is 0 Å². The van der Waals surface area contributed by atoms with Gasteiger partial charge in [-0.25, -0.2) is 4.39 Å². The second kappa shape index (κ2) is 4.01. The van der Waals surface area contributed by atoms with Crippen molar-refractivity contribution in [1.82, 2.24) is 0 Å². The molecule has 2 heteroatoms. The van der Waals surface area contributed by atoms with Crippen LogP contribution in [0, 0.1) is 0 Å². The molecule has 0 aliphatic rings. The third-order valence-corrected chi connectivity index (χ3v) is 0.641. The van der Waals surface area contributed by atoms with Crippen LogP contribution in [0.4, 0.5) is 4.39 Å². The first kappa shape index (κ1) is 8.08. The van der Waals surface area contributed by atoms with Gasteiger partial charge in [0.15, 0.2) is 0 Å². The highest BCUT2D eigenvalue weighted by Crippen LogP contribution is 2.01. The molecule has 50 valence electrons. The van der Waals surface area contributed by atoms with Crippen LogP contribution in [0.25, 0.3) is 0 Å². The maximum Gasteiger partial charge on any atom is 0.141 e. The fraction of sp³-hybridized carbons (Fsp3) is 0.286. The maximum absolute atomic E-state index is 12.3. The Kier molecular flexibility index (Phi) is 3.60. The van der Waals surface area contributed by atoms with E-state index in [0.29, 0.717) is 0 Å². The van der Waals surface area contributed by atoms with Gasteiger partial charge in [-0.1, -0.05) is 5.57 Å². The van der Waals surface area contributed by atoms with Gasteiger partial charge in [-0.05, 0) is 26.6 Å². The molecule has 0 fully saturated rings. The summed E-state index contributed by atoms with van der Waals surface area (Å²) in [5.41, 5.74) is 0.910. The quantitative estimate of drug-likeness (QED) is 0.399. The fourth-order valence-electron chi connectivity index (χ4n) is 0.400. The molecule has 0 atom stereocenters. The smallest absolute Gasteiger partial charge is 0.141 e. The van der Waals surface area contributed by atoms with Crippen LogP contribution >= 0.6 is 0 Å². The molecule has 0 spiro atoms. The summed E-state index contributed by atoms with van der Waals surface area (Å²) < 4.78 is 12.3. The first-order valence-electron chi connectivity index (χ1n) is 2.63. The molecule has 0 bridgehead atoms. The molecule has 1 nitrogen and oxygen atoms in total. The third kappa shape index (κ3) is 4.94. The largest absolute Gasteiger partial charge is 0.269 e. The van der Waals surface area contributed by atoms with E-state index >= 15 is 0 Å². The summed E-state index contributed by atoms with van der Waals surface area (Å²) in [5.74, 6) is -0.356. The van der Waals surface area contributed by atoms with Crippen LogP contribution in [-0.2, 0) is 0 Å². The van der Waals surface area contributed by atoms with Gasteiger partial charge < -0.3 is 0 Å². The normalized spacial score (nSPS) is 10.8. The molecule has 0 aromatic heterocycles. The molecular formula is C7H10FN. The Hall–Kier alpha value is -0.920. The van der Waals surface area contributed by atoms with E-state index < -0.39 is 0 Å². The molecule has 0 saturated carbocycles. The van der Waals surface area contributed by atoms with E-state index in [1.54, 1.807) is 0 Å². The van der Waals surface area contributed by atoms with Crippen molar-refractivity contribution in [3.05, 3.63) is 23.7 Å². The van der Waals surface area contributed by atoms with Crippen LogP contribution < -0.4 is 0 Å². The van der Waals surface area contributed by atoms with Crippen molar-refractivity contribution in [3.63, 3.8) is 0 Å². The molecule has 0 aliphatic heterocycles. The molecule has 0 unspecified atom stereocenters. The maximum atomic E-state index is 12.3. The van der Waals surface area contributed by atoms with Gasteiger partial charge in [0.05, 0.1) is 6.20 Å². The molecule has 0 aromatic rings. The van der Waals surface area contributed by atoms with Gasteiger partial charge in [-0.3, -0.25) is 4.99 Å². The minimum Gasteiger partial charge on any atom is -0.269 e. The zero-order valence-electron chi connectivity index (χ0n) is 5.69. The number of allylic oxidation sites excluding steroid dienone is 3. The van der Waals surface area contributed by atoms with Crippen LogP contribution in [0.1, 0.15) is 13.8 Å². The minimum absolute atomic E-state index is 0.356. The van der Waals surface area contributed by atoms with Gasteiger partial charge in [-0.15, -0.1) is 0 Å². The number of aliphatic imine (C=N–C) groups is 1. The Morgan fingerprint density at radius 2 is 2.11 bits per heavy atom. The highest BCUT2D eigenvalue weighted by Gasteiger charge is 1.84. The lowest BCUT2D eigenvalue weighted by atomic mass is 10.3. The summed E-state index contributed by atoms with van der Waals surface area (Å²) in [6.45, 7) is 6.74. The van der Waals surface area contributed by atoms with Gasteiger partial charge in [0.25, 0.3) is 0 Å². The number of hydrogen-bond acceptors (Lipinski definition) is 1. The lowest BCUT2D eigenvalue weighted by Gasteiger charge is -1.84. The van der Waals surface area contributed by atoms with E-state index in [1.165, 1.54) is 6.08 Å². The van der Waals surface area contributed by atoms with Crippen molar-refractivity contribution in [2.24, 2.45) is 4.99 Å². The van der Waals surface area contributed by atoms with E-state index in [9.17, 15) is 4.39 Å². The van der Waals surface area contributed by atoms with Crippen LogP contribution in [0.2, 0.25) is 0 Å². The lowest BCUT2D eigenvalue weighted by molar-refractivity contribution is 0.662. The Labute approximate surface area is 54.6 Å². The highest BCUT2D eigenvalue weighted by atomic mass is 19.1. The van der Waals surface area contributed by atoms with Gasteiger partial charge in [0.2, 0.25) is 0 Å². The summed E-state index contributed by atoms with van der Waals surface area (Å²) in [5, 5.41) is 0. The molecule has 0 radical (unpaired) electrons. The zero-order chi connectivity index (χ0) is 7.28. The second-order valence-electron chi connectivity index (χ2n) is 1.92. The second-order valence-corrected chi connectivity index (χ2v) is 1.92. The van der Waals surface area contributed by atoms with Crippen molar-refractivity contribution in [2.45, 2.75) is 13.8 Å². The minimum atomic E-state index is -0.356. The molecule has 0 aromatic carbocycles. The number of halogens is 1. The van der Waals surface area contributed by atoms with Crippen LogP contribution in [0.3, 0.4) is 0 Å². The van der Waals surface area contributed by atoms with E-state index in [2.05, 4.69) is 11.7 Å². The average molecular weight is 127 g/mol. The van der Waals surface area contributed by atoms with Crippen molar-refractivity contribution in [1.29, 1.82) is 0 Å². The standard InChI is InChI=1S/C7H10FN/c1-6(2)4-7(8)5-9-3/h4-5H,3H2,1-2H3. The topological polar surface area (TPSA) is 12.4 Å². The SMILES string of the molecule is C=NC=C(F)C=C(C)C. The molecule has 9 heavy (non-hydrogen) atoms. The van der Waals surface area contributed by atoms with Crippen LogP contribution in [-0.4, -0.2) is 6.72 Å². The van der Waals surface area contributed by atoms with Crippen molar-refractivity contribution >= 4 is 6.72 Å². The monoisotopic (exact) mass is 127 g/mol. The number of rotatable bonds is 2. The summed E-state index contributed by atoms with van der Waals surface area (Å²) >= 11 is 0. The average Bonchev–Trinajstić information content (AvgIpc) is 1.63. The Bertz CT molecular complexity index is 152. The molecule has 0 amide bonds. The van der Waals surface area contributed by atoms with Gasteiger partial charge in [-0.2, -0.15) is 0 Å². The van der Waals surface area contributed by atoms with Gasteiger partial charge in [0, 0.05) is 0 Å². The Morgan fingerprint density at radius 3 is 2.44 bits per heavy atom. The lowest BCUT2D eigenvalue weighted by Crippen LogP contribution is -1.66. The molecule has 0 aliphatic carbocycles. The van der Waals surface area contributed by atoms with E-state index in [4.69, 9.17) is 0 Å². The summed E-state index contributed by atoms with van der Waals surface area (Å²) in [7, 11) is 0. The van der Waals surface area contributed by atoms with Crippen molar-refractivity contribution in [2.75, 3.05) is 0 Å². The van der Waals surface area contributed by atoms with E-state index in [1.807, 2.05) is 13.8 Å². The zero-order valence-corrected chi connectivity index (χ0v) is 5.69. The molecular weight excluding hydrogens is 117 g/mol. The van der Waals surface area contributed by atoms with Crippen LogP contribution in [0.15, 0.2) is 28.7 Å².